The Bertz CT molecular complexity index is 366. The molecule has 1 atom stereocenters. The van der Waals surface area contributed by atoms with Gasteiger partial charge < -0.3 is 24.3 Å². The van der Waals surface area contributed by atoms with Crippen LogP contribution in [0.1, 0.15) is 11.6 Å². The first-order valence-electron chi connectivity index (χ1n) is 5.66. The maximum absolute atomic E-state index is 5.28. The third-order valence-electron chi connectivity index (χ3n) is 2.81. The number of benzene rings is 1. The summed E-state index contributed by atoms with van der Waals surface area (Å²) in [7, 11) is 8.30. The molecule has 0 aromatic heterocycles. The van der Waals surface area contributed by atoms with Gasteiger partial charge in [-0.3, -0.25) is 0 Å². The van der Waals surface area contributed by atoms with E-state index in [0.29, 0.717) is 11.5 Å². The smallest absolute Gasteiger partial charge is 0.176 e. The number of methoxy groups -OCH3 is 4. The minimum Gasteiger partial charge on any atom is -0.493 e. The van der Waals surface area contributed by atoms with Crippen LogP contribution in [0.3, 0.4) is 0 Å². The number of rotatable bonds is 7. The summed E-state index contributed by atoms with van der Waals surface area (Å²) >= 11 is 0. The quantitative estimate of drug-likeness (QED) is 0.750. The Balaban J connectivity index is 3.06. The average Bonchev–Trinajstić information content (AvgIpc) is 2.43. The minimum atomic E-state index is -0.367. The van der Waals surface area contributed by atoms with E-state index in [4.69, 9.17) is 18.9 Å². The van der Waals surface area contributed by atoms with Gasteiger partial charge >= 0.3 is 0 Å². The predicted octanol–water partition coefficient (Wildman–Crippen LogP) is 1.58. The summed E-state index contributed by atoms with van der Waals surface area (Å²) in [5.74, 6) is 1.38. The summed E-state index contributed by atoms with van der Waals surface area (Å²) in [4.78, 5) is 0. The predicted molar refractivity (Wildman–Crippen MR) is 69.2 cm³/mol. The monoisotopic (exact) mass is 255 g/mol. The van der Waals surface area contributed by atoms with E-state index in [2.05, 4.69) is 5.32 Å². The largest absolute Gasteiger partial charge is 0.493 e. The molecule has 0 fully saturated rings. The molecule has 1 unspecified atom stereocenters. The number of ether oxygens (including phenoxy) is 4. The summed E-state index contributed by atoms with van der Waals surface area (Å²) in [6, 6.07) is 5.64. The van der Waals surface area contributed by atoms with Crippen LogP contribution in [0.4, 0.5) is 0 Å². The molecule has 0 aliphatic rings. The van der Waals surface area contributed by atoms with Crippen LogP contribution in [-0.2, 0) is 9.47 Å². The fourth-order valence-corrected chi connectivity index (χ4v) is 1.87. The molecular formula is C13H21NO4. The SMILES string of the molecule is CNC(c1ccc(OC)c(OC)c1)C(OC)OC. The lowest BCUT2D eigenvalue weighted by atomic mass is 10.1. The maximum Gasteiger partial charge on any atom is 0.176 e. The van der Waals surface area contributed by atoms with E-state index in [0.717, 1.165) is 5.56 Å². The van der Waals surface area contributed by atoms with Crippen LogP contribution >= 0.6 is 0 Å². The minimum absolute atomic E-state index is 0.0835. The van der Waals surface area contributed by atoms with Crippen molar-refractivity contribution in [2.45, 2.75) is 12.3 Å². The average molecular weight is 255 g/mol. The molecule has 0 radical (unpaired) electrons. The number of hydrogen-bond acceptors (Lipinski definition) is 5. The summed E-state index contributed by atoms with van der Waals surface area (Å²) in [5, 5.41) is 3.16. The lowest BCUT2D eigenvalue weighted by molar-refractivity contribution is -0.123. The van der Waals surface area contributed by atoms with Gasteiger partial charge in [-0.25, -0.2) is 0 Å². The molecule has 0 aliphatic heterocycles. The highest BCUT2D eigenvalue weighted by atomic mass is 16.7. The fourth-order valence-electron chi connectivity index (χ4n) is 1.87. The third kappa shape index (κ3) is 3.13. The topological polar surface area (TPSA) is 49.0 Å². The molecule has 5 nitrogen and oxygen atoms in total. The van der Waals surface area contributed by atoms with E-state index >= 15 is 0 Å². The van der Waals surface area contributed by atoms with Crippen LogP contribution in [0.25, 0.3) is 0 Å². The van der Waals surface area contributed by atoms with Crippen molar-refractivity contribution in [3.63, 3.8) is 0 Å². The normalized spacial score (nSPS) is 12.6. The van der Waals surface area contributed by atoms with E-state index in [1.807, 2.05) is 25.2 Å². The first-order chi connectivity index (χ1) is 8.71. The highest BCUT2D eigenvalue weighted by Gasteiger charge is 2.22. The molecule has 0 saturated carbocycles. The lowest BCUT2D eigenvalue weighted by Gasteiger charge is -2.25. The molecule has 0 heterocycles. The zero-order chi connectivity index (χ0) is 13.5. The Morgan fingerprint density at radius 2 is 1.56 bits per heavy atom. The molecule has 0 aliphatic carbocycles. The zero-order valence-corrected chi connectivity index (χ0v) is 11.5. The van der Waals surface area contributed by atoms with Crippen molar-refractivity contribution in [2.75, 3.05) is 35.5 Å². The molecule has 1 rings (SSSR count). The second-order valence-electron chi connectivity index (χ2n) is 3.72. The number of nitrogens with one attached hydrogen (secondary N) is 1. The lowest BCUT2D eigenvalue weighted by Crippen LogP contribution is -2.32. The molecule has 0 bridgehead atoms. The van der Waals surface area contributed by atoms with Crippen molar-refractivity contribution in [1.82, 2.24) is 5.32 Å². The van der Waals surface area contributed by atoms with Gasteiger partial charge in [-0.05, 0) is 24.7 Å². The number of likely N-dealkylation sites (N-methyl/N-ethyl adjacent to an activating group) is 1. The van der Waals surface area contributed by atoms with Gasteiger partial charge in [-0.2, -0.15) is 0 Å². The van der Waals surface area contributed by atoms with Crippen molar-refractivity contribution < 1.29 is 18.9 Å². The van der Waals surface area contributed by atoms with E-state index in [1.54, 1.807) is 28.4 Å². The van der Waals surface area contributed by atoms with Crippen molar-refractivity contribution in [2.24, 2.45) is 0 Å². The molecule has 0 spiro atoms. The fraction of sp³-hybridized carbons (Fsp3) is 0.538. The van der Waals surface area contributed by atoms with Crippen molar-refractivity contribution in [3.05, 3.63) is 23.8 Å². The zero-order valence-electron chi connectivity index (χ0n) is 11.5. The van der Waals surface area contributed by atoms with Crippen molar-refractivity contribution in [1.29, 1.82) is 0 Å². The summed E-state index contributed by atoms with van der Waals surface area (Å²) in [6.07, 6.45) is -0.367. The van der Waals surface area contributed by atoms with Crippen molar-refractivity contribution >= 4 is 0 Å². The van der Waals surface area contributed by atoms with Gasteiger partial charge in [0.15, 0.2) is 17.8 Å². The molecule has 1 N–H and O–H groups in total. The van der Waals surface area contributed by atoms with Crippen LogP contribution < -0.4 is 14.8 Å². The second-order valence-corrected chi connectivity index (χ2v) is 3.72. The Morgan fingerprint density at radius 1 is 0.944 bits per heavy atom. The van der Waals surface area contributed by atoms with Gasteiger partial charge in [0.25, 0.3) is 0 Å². The van der Waals surface area contributed by atoms with Crippen LogP contribution in [0.15, 0.2) is 18.2 Å². The Labute approximate surface area is 108 Å². The molecule has 0 amide bonds. The molecule has 1 aromatic carbocycles. The summed E-state index contributed by atoms with van der Waals surface area (Å²) < 4.78 is 21.1. The van der Waals surface area contributed by atoms with E-state index in [1.165, 1.54) is 0 Å². The van der Waals surface area contributed by atoms with E-state index in [-0.39, 0.29) is 12.3 Å². The third-order valence-corrected chi connectivity index (χ3v) is 2.81. The van der Waals surface area contributed by atoms with Gasteiger partial charge in [-0.1, -0.05) is 6.07 Å². The summed E-state index contributed by atoms with van der Waals surface area (Å²) in [5.41, 5.74) is 1.00. The second kappa shape index (κ2) is 7.20. The highest BCUT2D eigenvalue weighted by molar-refractivity contribution is 5.43. The molecule has 18 heavy (non-hydrogen) atoms. The first-order valence-corrected chi connectivity index (χ1v) is 5.66. The maximum atomic E-state index is 5.28. The molecule has 5 heteroatoms. The van der Waals surface area contributed by atoms with Crippen LogP contribution in [0.2, 0.25) is 0 Å². The van der Waals surface area contributed by atoms with Gasteiger partial charge in [0.05, 0.1) is 20.3 Å². The molecular weight excluding hydrogens is 234 g/mol. The standard InChI is InChI=1S/C13H21NO4/c1-14-12(13(17-4)18-5)9-6-7-10(15-2)11(8-9)16-3/h6-8,12-14H,1-5H3. The summed E-state index contributed by atoms with van der Waals surface area (Å²) in [6.45, 7) is 0. The van der Waals surface area contributed by atoms with E-state index < -0.39 is 0 Å². The first kappa shape index (κ1) is 14.8. The van der Waals surface area contributed by atoms with Crippen LogP contribution in [0, 0.1) is 0 Å². The van der Waals surface area contributed by atoms with Gasteiger partial charge in [-0.15, -0.1) is 0 Å². The Morgan fingerprint density at radius 3 is 2.00 bits per heavy atom. The van der Waals surface area contributed by atoms with Crippen molar-refractivity contribution in [3.8, 4) is 11.5 Å². The van der Waals surface area contributed by atoms with Gasteiger partial charge in [0, 0.05) is 14.2 Å². The van der Waals surface area contributed by atoms with Crippen LogP contribution in [-0.4, -0.2) is 41.8 Å². The molecule has 0 saturated heterocycles. The van der Waals surface area contributed by atoms with Gasteiger partial charge in [0.2, 0.25) is 0 Å². The highest BCUT2D eigenvalue weighted by Crippen LogP contribution is 2.31. The number of hydrogen-bond donors (Lipinski definition) is 1. The van der Waals surface area contributed by atoms with E-state index in [9.17, 15) is 0 Å². The van der Waals surface area contributed by atoms with Gasteiger partial charge in [0.1, 0.15) is 0 Å². The Kier molecular flexibility index (Phi) is 5.91. The molecule has 1 aromatic rings. The van der Waals surface area contributed by atoms with Crippen LogP contribution in [0.5, 0.6) is 11.5 Å². The Hall–Kier alpha value is -1.30. The molecule has 102 valence electrons.